The standard InChI is InChI=1S/C15H15F2NO3/c1-20-12-6-5-10(14(19)8-12)9-18-11-3-2-4-13(7-11)21-15(16)17/h2-8,15,18-19H,9H2,1H3. The van der Waals surface area contributed by atoms with Gasteiger partial charge in [-0.05, 0) is 24.3 Å². The smallest absolute Gasteiger partial charge is 0.387 e. The molecule has 0 unspecified atom stereocenters. The van der Waals surface area contributed by atoms with Gasteiger partial charge in [0.1, 0.15) is 17.2 Å². The number of hydrogen-bond donors (Lipinski definition) is 2. The number of alkyl halides is 2. The highest BCUT2D eigenvalue weighted by atomic mass is 19.3. The quantitative estimate of drug-likeness (QED) is 0.854. The van der Waals surface area contributed by atoms with E-state index in [1.54, 1.807) is 24.3 Å². The highest BCUT2D eigenvalue weighted by Gasteiger charge is 2.06. The van der Waals surface area contributed by atoms with Crippen molar-refractivity contribution in [2.24, 2.45) is 0 Å². The molecule has 0 heterocycles. The molecule has 4 nitrogen and oxygen atoms in total. The summed E-state index contributed by atoms with van der Waals surface area (Å²) < 4.78 is 33.6. The Morgan fingerprint density at radius 1 is 1.14 bits per heavy atom. The topological polar surface area (TPSA) is 50.7 Å². The van der Waals surface area contributed by atoms with Gasteiger partial charge in [0.25, 0.3) is 0 Å². The average molecular weight is 295 g/mol. The van der Waals surface area contributed by atoms with Crippen molar-refractivity contribution in [1.29, 1.82) is 0 Å². The van der Waals surface area contributed by atoms with Crippen molar-refractivity contribution in [3.8, 4) is 17.2 Å². The minimum atomic E-state index is -2.86. The van der Waals surface area contributed by atoms with Crippen LogP contribution in [-0.4, -0.2) is 18.8 Å². The molecule has 0 fully saturated rings. The number of phenols is 1. The molecule has 0 aliphatic heterocycles. The van der Waals surface area contributed by atoms with Crippen LogP contribution in [0.4, 0.5) is 14.5 Å². The molecule has 0 radical (unpaired) electrons. The number of methoxy groups -OCH3 is 1. The third-order valence-electron chi connectivity index (χ3n) is 2.83. The van der Waals surface area contributed by atoms with E-state index >= 15 is 0 Å². The van der Waals surface area contributed by atoms with Crippen LogP contribution in [0, 0.1) is 0 Å². The highest BCUT2D eigenvalue weighted by Crippen LogP contribution is 2.25. The molecule has 0 atom stereocenters. The van der Waals surface area contributed by atoms with Gasteiger partial charge in [0.2, 0.25) is 0 Å². The maximum absolute atomic E-state index is 12.1. The first-order valence-corrected chi connectivity index (χ1v) is 6.23. The number of aromatic hydroxyl groups is 1. The molecule has 2 rings (SSSR count). The van der Waals surface area contributed by atoms with E-state index in [0.29, 0.717) is 23.5 Å². The minimum Gasteiger partial charge on any atom is -0.507 e. The highest BCUT2D eigenvalue weighted by molar-refractivity contribution is 5.50. The largest absolute Gasteiger partial charge is 0.507 e. The molecular formula is C15H15F2NO3. The van der Waals surface area contributed by atoms with Gasteiger partial charge in [0.15, 0.2) is 0 Å². The van der Waals surface area contributed by atoms with E-state index in [1.165, 1.54) is 25.3 Å². The molecule has 0 spiro atoms. The number of benzene rings is 2. The molecule has 6 heteroatoms. The molecule has 21 heavy (non-hydrogen) atoms. The van der Waals surface area contributed by atoms with Crippen molar-refractivity contribution < 1.29 is 23.4 Å². The van der Waals surface area contributed by atoms with Gasteiger partial charge >= 0.3 is 6.61 Å². The van der Waals surface area contributed by atoms with E-state index < -0.39 is 6.61 Å². The summed E-state index contributed by atoms with van der Waals surface area (Å²) in [5.74, 6) is 0.736. The predicted octanol–water partition coefficient (Wildman–Crippen LogP) is 3.61. The molecule has 0 amide bonds. The van der Waals surface area contributed by atoms with Crippen LogP contribution in [0.5, 0.6) is 17.2 Å². The Hall–Kier alpha value is -2.50. The summed E-state index contributed by atoms with van der Waals surface area (Å²) in [5, 5.41) is 12.9. The van der Waals surface area contributed by atoms with Crippen LogP contribution < -0.4 is 14.8 Å². The average Bonchev–Trinajstić information content (AvgIpc) is 2.45. The molecule has 0 aliphatic rings. The number of nitrogens with one attached hydrogen (secondary N) is 1. The van der Waals surface area contributed by atoms with Crippen LogP contribution in [-0.2, 0) is 6.54 Å². The number of ether oxygens (including phenoxy) is 2. The summed E-state index contributed by atoms with van der Waals surface area (Å²) in [5.41, 5.74) is 1.28. The van der Waals surface area contributed by atoms with Crippen LogP contribution in [0.25, 0.3) is 0 Å². The fourth-order valence-corrected chi connectivity index (χ4v) is 1.80. The number of anilines is 1. The lowest BCUT2D eigenvalue weighted by molar-refractivity contribution is -0.0498. The third-order valence-corrected chi connectivity index (χ3v) is 2.83. The van der Waals surface area contributed by atoms with Crippen molar-refractivity contribution in [3.63, 3.8) is 0 Å². The number of rotatable bonds is 6. The van der Waals surface area contributed by atoms with Crippen LogP contribution in [0.2, 0.25) is 0 Å². The first-order valence-electron chi connectivity index (χ1n) is 6.23. The van der Waals surface area contributed by atoms with Gasteiger partial charge in [0.05, 0.1) is 7.11 Å². The Bertz CT molecular complexity index is 605. The van der Waals surface area contributed by atoms with Crippen molar-refractivity contribution in [2.75, 3.05) is 12.4 Å². The zero-order chi connectivity index (χ0) is 15.2. The minimum absolute atomic E-state index is 0.0777. The van der Waals surface area contributed by atoms with E-state index in [4.69, 9.17) is 4.74 Å². The predicted molar refractivity (Wildman–Crippen MR) is 75.1 cm³/mol. The SMILES string of the molecule is COc1ccc(CNc2cccc(OC(F)F)c2)c(O)c1. The molecular weight excluding hydrogens is 280 g/mol. The second-order valence-corrected chi connectivity index (χ2v) is 4.25. The van der Waals surface area contributed by atoms with E-state index in [9.17, 15) is 13.9 Å². The van der Waals surface area contributed by atoms with E-state index in [1.807, 2.05) is 0 Å². The molecule has 2 N–H and O–H groups in total. The molecule has 0 aromatic heterocycles. The molecule has 0 saturated carbocycles. The maximum atomic E-state index is 12.1. The lowest BCUT2D eigenvalue weighted by Crippen LogP contribution is -2.03. The third kappa shape index (κ3) is 4.24. The monoisotopic (exact) mass is 295 g/mol. The molecule has 2 aromatic carbocycles. The summed E-state index contributed by atoms with van der Waals surface area (Å²) in [6, 6.07) is 11.2. The van der Waals surface area contributed by atoms with Crippen molar-refractivity contribution in [1.82, 2.24) is 0 Å². The van der Waals surface area contributed by atoms with Gasteiger partial charge < -0.3 is 19.9 Å². The summed E-state index contributed by atoms with van der Waals surface area (Å²) >= 11 is 0. The zero-order valence-corrected chi connectivity index (χ0v) is 11.3. The fraction of sp³-hybridized carbons (Fsp3) is 0.200. The summed E-state index contributed by atoms with van der Waals surface area (Å²) in [6.45, 7) is -2.51. The number of halogens is 2. The van der Waals surface area contributed by atoms with Crippen molar-refractivity contribution >= 4 is 5.69 Å². The Labute approximate surface area is 120 Å². The second-order valence-electron chi connectivity index (χ2n) is 4.25. The number of phenolic OH excluding ortho intramolecular Hbond substituents is 1. The van der Waals surface area contributed by atoms with Crippen LogP contribution in [0.1, 0.15) is 5.56 Å². The number of hydrogen-bond acceptors (Lipinski definition) is 4. The van der Waals surface area contributed by atoms with Gasteiger partial charge in [-0.3, -0.25) is 0 Å². The van der Waals surface area contributed by atoms with Crippen LogP contribution in [0.15, 0.2) is 42.5 Å². The van der Waals surface area contributed by atoms with Crippen molar-refractivity contribution in [2.45, 2.75) is 13.2 Å². The molecule has 2 aromatic rings. The molecule has 0 aliphatic carbocycles. The second kappa shape index (κ2) is 6.78. The van der Waals surface area contributed by atoms with E-state index in [0.717, 1.165) is 0 Å². The van der Waals surface area contributed by atoms with E-state index in [2.05, 4.69) is 10.1 Å². The Morgan fingerprint density at radius 2 is 1.95 bits per heavy atom. The first kappa shape index (κ1) is 14.9. The van der Waals surface area contributed by atoms with Gasteiger partial charge in [-0.15, -0.1) is 0 Å². The first-order chi connectivity index (χ1) is 10.1. The van der Waals surface area contributed by atoms with E-state index in [-0.39, 0.29) is 11.5 Å². The summed E-state index contributed by atoms with van der Waals surface area (Å²) in [4.78, 5) is 0. The Kier molecular flexibility index (Phi) is 4.81. The van der Waals surface area contributed by atoms with Gasteiger partial charge in [-0.2, -0.15) is 8.78 Å². The van der Waals surface area contributed by atoms with Crippen molar-refractivity contribution in [3.05, 3.63) is 48.0 Å². The summed E-state index contributed by atoms with van der Waals surface area (Å²) in [7, 11) is 1.52. The Morgan fingerprint density at radius 3 is 2.62 bits per heavy atom. The van der Waals surface area contributed by atoms with Crippen LogP contribution >= 0.6 is 0 Å². The normalized spacial score (nSPS) is 10.5. The molecule has 112 valence electrons. The van der Waals surface area contributed by atoms with Gasteiger partial charge in [-0.1, -0.05) is 6.07 Å². The Balaban J connectivity index is 2.02. The molecule has 0 bridgehead atoms. The lowest BCUT2D eigenvalue weighted by Gasteiger charge is -2.11. The fourth-order valence-electron chi connectivity index (χ4n) is 1.80. The van der Waals surface area contributed by atoms with Gasteiger partial charge in [0, 0.05) is 29.9 Å². The maximum Gasteiger partial charge on any atom is 0.387 e. The lowest BCUT2D eigenvalue weighted by atomic mass is 10.2. The summed E-state index contributed by atoms with van der Waals surface area (Å²) in [6.07, 6.45) is 0. The van der Waals surface area contributed by atoms with Crippen LogP contribution in [0.3, 0.4) is 0 Å². The van der Waals surface area contributed by atoms with Gasteiger partial charge in [-0.25, -0.2) is 0 Å². The zero-order valence-electron chi connectivity index (χ0n) is 11.3. The molecule has 0 saturated heterocycles.